The largest absolute Gasteiger partial charge is 0.310 e. The Bertz CT molecular complexity index is 3560. The molecule has 2 aliphatic rings. The van der Waals surface area contributed by atoms with Gasteiger partial charge in [-0.15, -0.1) is 0 Å². The van der Waals surface area contributed by atoms with E-state index in [-0.39, 0.29) is 0 Å². The Morgan fingerprint density at radius 2 is 1.12 bits per heavy atom. The molecule has 0 fully saturated rings. The maximum Gasteiger partial charge on any atom is 0.0558 e. The third-order valence-corrected chi connectivity index (χ3v) is 13.6. The van der Waals surface area contributed by atoms with Gasteiger partial charge < -0.3 is 9.13 Å². The number of benzene rings is 9. The first-order valence-corrected chi connectivity index (χ1v) is 20.7. The number of hydrogen-bond acceptors (Lipinski definition) is 1. The first-order valence-electron chi connectivity index (χ1n) is 19.9. The van der Waals surface area contributed by atoms with E-state index < -0.39 is 0 Å². The van der Waals surface area contributed by atoms with Crippen molar-refractivity contribution in [3.63, 3.8) is 0 Å². The molecule has 1 aliphatic heterocycles. The van der Waals surface area contributed by atoms with Gasteiger partial charge in [-0.1, -0.05) is 133 Å². The first kappa shape index (κ1) is 31.4. The number of aryl methyl sites for hydroxylation is 1. The number of hydrogen-bond donors (Lipinski definition) is 0. The summed E-state index contributed by atoms with van der Waals surface area (Å²) in [6.45, 7) is 0. The highest BCUT2D eigenvalue weighted by Crippen LogP contribution is 2.52. The molecule has 13 rings (SSSR count). The minimum atomic E-state index is 1.05. The molecule has 11 aromatic rings. The van der Waals surface area contributed by atoms with Crippen LogP contribution in [-0.4, -0.2) is 9.13 Å². The van der Waals surface area contributed by atoms with E-state index in [1.165, 1.54) is 120 Å². The molecule has 2 nitrogen and oxygen atoms in total. The lowest BCUT2D eigenvalue weighted by molar-refractivity contribution is 0.966. The van der Waals surface area contributed by atoms with Crippen LogP contribution in [0.15, 0.2) is 186 Å². The molecule has 3 heteroatoms. The highest BCUT2D eigenvalue weighted by molar-refractivity contribution is 7.99. The zero-order chi connectivity index (χ0) is 37.2. The monoisotopic (exact) mass is 742 g/mol. The lowest BCUT2D eigenvalue weighted by atomic mass is 9.94. The quantitative estimate of drug-likeness (QED) is 0.175. The summed E-state index contributed by atoms with van der Waals surface area (Å²) >= 11 is 1.92. The fourth-order valence-electron chi connectivity index (χ4n) is 9.94. The molecule has 0 spiro atoms. The lowest BCUT2D eigenvalue weighted by Gasteiger charge is -2.23. The number of rotatable bonds is 3. The number of nitrogens with zero attached hydrogens (tertiary/aromatic N) is 2. The van der Waals surface area contributed by atoms with Crippen LogP contribution in [-0.2, 0) is 6.42 Å². The van der Waals surface area contributed by atoms with Crippen LogP contribution in [0.3, 0.4) is 0 Å². The summed E-state index contributed by atoms with van der Waals surface area (Å²) in [5.41, 5.74) is 14.0. The molecule has 266 valence electrons. The van der Waals surface area contributed by atoms with Crippen molar-refractivity contribution in [2.24, 2.45) is 0 Å². The second kappa shape index (κ2) is 11.8. The minimum absolute atomic E-state index is 1.05. The zero-order valence-corrected chi connectivity index (χ0v) is 31.9. The van der Waals surface area contributed by atoms with E-state index in [0.29, 0.717) is 0 Å². The third-order valence-electron chi connectivity index (χ3n) is 12.5. The van der Waals surface area contributed by atoms with Crippen molar-refractivity contribution in [1.29, 1.82) is 0 Å². The number of fused-ring (bicyclic) bond motifs is 11. The van der Waals surface area contributed by atoms with Crippen LogP contribution in [0.5, 0.6) is 0 Å². The highest BCUT2D eigenvalue weighted by Gasteiger charge is 2.26. The zero-order valence-electron chi connectivity index (χ0n) is 31.0. The molecule has 57 heavy (non-hydrogen) atoms. The molecular weight excluding hydrogens is 709 g/mol. The van der Waals surface area contributed by atoms with Gasteiger partial charge in [0, 0.05) is 48.4 Å². The van der Waals surface area contributed by atoms with Gasteiger partial charge in [-0.2, -0.15) is 0 Å². The fourth-order valence-corrected chi connectivity index (χ4v) is 11.1. The van der Waals surface area contributed by atoms with Crippen LogP contribution in [0.1, 0.15) is 17.7 Å². The minimum Gasteiger partial charge on any atom is -0.310 e. The molecule has 0 amide bonds. The Kier molecular flexibility index (Phi) is 6.53. The van der Waals surface area contributed by atoms with Crippen LogP contribution in [0.25, 0.3) is 105 Å². The van der Waals surface area contributed by atoms with Crippen molar-refractivity contribution in [1.82, 2.24) is 9.13 Å². The molecule has 0 bridgehead atoms. The maximum atomic E-state index is 2.50. The SMILES string of the molecule is C1=Cc2c(c3cc(-c4ccc5ccccc5c4)ccc3n2-c2ccc3c(c2)Sc2cc4c(c5cccc-3c25)c2ccccc2n4-c2ccc3ccccc3c2)CC1. The molecule has 0 radical (unpaired) electrons. The van der Waals surface area contributed by atoms with Crippen LogP contribution < -0.4 is 0 Å². The van der Waals surface area contributed by atoms with Gasteiger partial charge in [0.2, 0.25) is 0 Å². The predicted octanol–water partition coefficient (Wildman–Crippen LogP) is 14.9. The van der Waals surface area contributed by atoms with Gasteiger partial charge >= 0.3 is 0 Å². The highest BCUT2D eigenvalue weighted by atomic mass is 32.2. The van der Waals surface area contributed by atoms with Gasteiger partial charge in [0.05, 0.1) is 16.6 Å². The number of aromatic nitrogens is 2. The molecule has 0 atom stereocenters. The molecule has 3 heterocycles. The van der Waals surface area contributed by atoms with Gasteiger partial charge in [-0.25, -0.2) is 0 Å². The number of allylic oxidation sites excluding steroid dienone is 1. The van der Waals surface area contributed by atoms with Crippen molar-refractivity contribution in [2.45, 2.75) is 22.6 Å². The van der Waals surface area contributed by atoms with Gasteiger partial charge in [0.25, 0.3) is 0 Å². The van der Waals surface area contributed by atoms with Crippen LogP contribution >= 0.6 is 11.8 Å². The molecule has 2 aromatic heterocycles. The summed E-state index contributed by atoms with van der Waals surface area (Å²) in [4.78, 5) is 2.60. The van der Waals surface area contributed by atoms with Crippen molar-refractivity contribution < 1.29 is 0 Å². The van der Waals surface area contributed by atoms with Crippen molar-refractivity contribution in [2.75, 3.05) is 0 Å². The Labute approximate surface area is 333 Å². The molecule has 0 N–H and O–H groups in total. The summed E-state index contributed by atoms with van der Waals surface area (Å²) in [5, 5.41) is 11.7. The van der Waals surface area contributed by atoms with E-state index in [1.54, 1.807) is 0 Å². The van der Waals surface area contributed by atoms with Gasteiger partial charge in [0.1, 0.15) is 0 Å². The van der Waals surface area contributed by atoms with E-state index in [4.69, 9.17) is 0 Å². The van der Waals surface area contributed by atoms with Crippen molar-refractivity contribution in [3.8, 4) is 33.6 Å². The van der Waals surface area contributed by atoms with E-state index in [2.05, 4.69) is 191 Å². The summed E-state index contributed by atoms with van der Waals surface area (Å²) in [6.07, 6.45) is 6.80. The van der Waals surface area contributed by atoms with Gasteiger partial charge in [-0.05, 0) is 128 Å². The second-order valence-electron chi connectivity index (χ2n) is 15.6. The van der Waals surface area contributed by atoms with Crippen LogP contribution in [0.4, 0.5) is 0 Å². The smallest absolute Gasteiger partial charge is 0.0558 e. The summed E-state index contributed by atoms with van der Waals surface area (Å²) in [5.74, 6) is 0. The Hall–Kier alpha value is -6.81. The van der Waals surface area contributed by atoms with Crippen LogP contribution in [0.2, 0.25) is 0 Å². The van der Waals surface area contributed by atoms with Crippen LogP contribution in [0, 0.1) is 0 Å². The van der Waals surface area contributed by atoms with E-state index >= 15 is 0 Å². The molecular formula is C54H34N2S. The van der Waals surface area contributed by atoms with E-state index in [1.807, 2.05) is 11.8 Å². The Morgan fingerprint density at radius 3 is 2.02 bits per heavy atom. The van der Waals surface area contributed by atoms with E-state index in [9.17, 15) is 0 Å². The normalized spacial score (nSPS) is 13.3. The van der Waals surface area contributed by atoms with E-state index in [0.717, 1.165) is 12.8 Å². The second-order valence-corrected chi connectivity index (χ2v) is 16.7. The van der Waals surface area contributed by atoms with Crippen molar-refractivity contribution in [3.05, 3.63) is 187 Å². The summed E-state index contributed by atoms with van der Waals surface area (Å²) < 4.78 is 4.98. The standard InChI is InChI=1S/C54H34N2S/c1-3-12-35-28-37(21-20-33(35)10-1)38-23-27-49-46(30-38)41-14-5-7-18-47(41)55(49)40-25-26-42-43-16-9-17-45-53-44-15-6-8-19-48(44)56(39-24-22-34-11-2-4-13-36(34)29-39)50(53)32-52(54(43)45)57-51(42)31-40/h1-4,6-13,15-32H,5,14H2. The van der Waals surface area contributed by atoms with Gasteiger partial charge in [-0.3, -0.25) is 0 Å². The topological polar surface area (TPSA) is 9.86 Å². The maximum absolute atomic E-state index is 2.50. The third kappa shape index (κ3) is 4.55. The van der Waals surface area contributed by atoms with Crippen molar-refractivity contribution >= 4 is 82.9 Å². The molecule has 0 unspecified atom stereocenters. The molecule has 9 aromatic carbocycles. The Balaban J connectivity index is 0.989. The molecule has 0 saturated heterocycles. The molecule has 1 aliphatic carbocycles. The fraction of sp³-hybridized carbons (Fsp3) is 0.0370. The summed E-state index contributed by atoms with van der Waals surface area (Å²) in [6, 6.07) is 63.5. The average molecular weight is 743 g/mol. The Morgan fingerprint density at radius 1 is 0.421 bits per heavy atom. The molecule has 0 saturated carbocycles. The first-order chi connectivity index (χ1) is 28.2. The average Bonchev–Trinajstić information content (AvgIpc) is 3.78. The lowest BCUT2D eigenvalue weighted by Crippen LogP contribution is -2.02. The predicted molar refractivity (Wildman–Crippen MR) is 242 cm³/mol. The number of para-hydroxylation sites is 1. The summed E-state index contributed by atoms with van der Waals surface area (Å²) in [7, 11) is 0. The van der Waals surface area contributed by atoms with Gasteiger partial charge in [0.15, 0.2) is 0 Å².